The first kappa shape index (κ1) is 31.2. The van der Waals surface area contributed by atoms with Gasteiger partial charge in [0.1, 0.15) is 6.04 Å². The number of aryl methyl sites for hydroxylation is 1. The molecule has 2 fully saturated rings. The van der Waals surface area contributed by atoms with E-state index in [2.05, 4.69) is 67.2 Å². The van der Waals surface area contributed by atoms with Crippen molar-refractivity contribution in [3.8, 4) is 0 Å². The minimum atomic E-state index is -0.786. The maximum Gasteiger partial charge on any atom is 0.325 e. The van der Waals surface area contributed by atoms with Gasteiger partial charge < -0.3 is 15.7 Å². The van der Waals surface area contributed by atoms with E-state index in [-0.39, 0.29) is 11.6 Å². The number of amides is 2. The van der Waals surface area contributed by atoms with E-state index >= 15 is 0 Å². The van der Waals surface area contributed by atoms with Crippen molar-refractivity contribution in [3.63, 3.8) is 0 Å². The monoisotopic (exact) mass is 647 g/mol. The van der Waals surface area contributed by atoms with Crippen LogP contribution in [-0.2, 0) is 10.3 Å². The molecule has 8 nitrogen and oxygen atoms in total. The number of likely N-dealkylation sites (tertiary alicyclic amines) is 1. The number of carbonyl (C=O) groups is 2. The van der Waals surface area contributed by atoms with E-state index in [0.717, 1.165) is 79.1 Å². The number of halogens is 1. The van der Waals surface area contributed by atoms with Gasteiger partial charge in [0.15, 0.2) is 0 Å². The molecule has 2 amide bonds. The van der Waals surface area contributed by atoms with E-state index in [1.807, 2.05) is 67.6 Å². The molecule has 0 bridgehead atoms. The first-order valence-corrected chi connectivity index (χ1v) is 15.9. The highest BCUT2D eigenvalue weighted by Crippen LogP contribution is 2.32. The first-order valence-electron chi connectivity index (χ1n) is 15.1. The average Bonchev–Trinajstić information content (AvgIpc) is 3.00. The summed E-state index contributed by atoms with van der Waals surface area (Å²) in [6.45, 7) is 12.0. The number of hydrogen-bond acceptors (Lipinski definition) is 5. The molecule has 2 saturated heterocycles. The Morgan fingerprint density at radius 3 is 2.09 bits per heavy atom. The van der Waals surface area contributed by atoms with Crippen LogP contribution in [0.2, 0.25) is 0 Å². The Labute approximate surface area is 263 Å². The molecule has 5 rings (SSSR count). The Morgan fingerprint density at radius 1 is 0.860 bits per heavy atom. The van der Waals surface area contributed by atoms with Crippen LogP contribution in [0.4, 0.5) is 16.2 Å². The number of urea groups is 1. The van der Waals surface area contributed by atoms with Gasteiger partial charge in [0, 0.05) is 66.7 Å². The summed E-state index contributed by atoms with van der Waals surface area (Å²) in [5.74, 6) is -0.786. The fraction of sp³-hybridized carbons (Fsp3) is 0.412. The second-order valence-electron chi connectivity index (χ2n) is 12.1. The molecular formula is C34H42BrN5O3. The zero-order valence-electron chi connectivity index (χ0n) is 25.2. The van der Waals surface area contributed by atoms with Crippen LogP contribution < -0.4 is 10.6 Å². The minimum absolute atomic E-state index is 0.142. The number of piperazine rings is 1. The third-order valence-electron chi connectivity index (χ3n) is 9.15. The quantitative estimate of drug-likeness (QED) is 0.257. The van der Waals surface area contributed by atoms with E-state index in [1.54, 1.807) is 0 Å². The minimum Gasteiger partial charge on any atom is -0.480 e. The number of aliphatic carboxylic acids is 1. The highest BCUT2D eigenvalue weighted by molar-refractivity contribution is 9.10. The van der Waals surface area contributed by atoms with Crippen LogP contribution >= 0.6 is 15.9 Å². The summed E-state index contributed by atoms with van der Waals surface area (Å²) in [7, 11) is 0. The van der Waals surface area contributed by atoms with Crippen molar-refractivity contribution in [1.29, 1.82) is 0 Å². The number of carbonyl (C=O) groups excluding carboxylic acids is 1. The summed E-state index contributed by atoms with van der Waals surface area (Å²) in [4.78, 5) is 31.9. The highest BCUT2D eigenvalue weighted by Gasteiger charge is 2.36. The molecule has 0 spiro atoms. The molecule has 3 aromatic carbocycles. The molecule has 3 aromatic rings. The van der Waals surface area contributed by atoms with Gasteiger partial charge in [-0.05, 0) is 80.6 Å². The van der Waals surface area contributed by atoms with E-state index in [1.165, 1.54) is 5.56 Å². The normalized spacial score (nSPS) is 18.2. The molecule has 1 atom stereocenters. The van der Waals surface area contributed by atoms with Crippen molar-refractivity contribution < 1.29 is 14.7 Å². The Bertz CT molecular complexity index is 1400. The zero-order valence-corrected chi connectivity index (χ0v) is 26.8. The number of benzene rings is 3. The van der Waals surface area contributed by atoms with Crippen LogP contribution in [0.3, 0.4) is 0 Å². The van der Waals surface area contributed by atoms with Gasteiger partial charge in [-0.1, -0.05) is 58.4 Å². The van der Waals surface area contributed by atoms with E-state index in [4.69, 9.17) is 0 Å². The van der Waals surface area contributed by atoms with Crippen LogP contribution in [0, 0.1) is 6.92 Å². The fourth-order valence-electron chi connectivity index (χ4n) is 6.45. The van der Waals surface area contributed by atoms with Crippen molar-refractivity contribution in [2.24, 2.45) is 0 Å². The lowest BCUT2D eigenvalue weighted by Crippen LogP contribution is -2.57. The molecule has 3 N–H and O–H groups in total. The maximum atomic E-state index is 12.5. The third kappa shape index (κ3) is 7.47. The van der Waals surface area contributed by atoms with Gasteiger partial charge in [-0.15, -0.1) is 0 Å². The summed E-state index contributed by atoms with van der Waals surface area (Å²) < 4.78 is 0.953. The Balaban J connectivity index is 1.11. The third-order valence-corrected chi connectivity index (χ3v) is 9.68. The lowest BCUT2D eigenvalue weighted by Gasteiger charge is -2.48. The predicted octanol–water partition coefficient (Wildman–Crippen LogP) is 6.54. The second-order valence-corrected chi connectivity index (χ2v) is 13.0. The summed E-state index contributed by atoms with van der Waals surface area (Å²) in [5.41, 5.74) is 4.48. The van der Waals surface area contributed by atoms with Crippen molar-refractivity contribution in [3.05, 3.63) is 94.0 Å². The van der Waals surface area contributed by atoms with Crippen molar-refractivity contribution in [2.75, 3.05) is 49.9 Å². The van der Waals surface area contributed by atoms with Gasteiger partial charge in [-0.3, -0.25) is 19.5 Å². The number of carboxylic acids is 1. The molecule has 228 valence electrons. The summed E-state index contributed by atoms with van der Waals surface area (Å²) in [6, 6.07) is 23.1. The van der Waals surface area contributed by atoms with Crippen LogP contribution in [-0.4, -0.2) is 77.1 Å². The SMILES string of the molecule is Cc1ccccc1NC(=O)Nc1ccc(C(C)(C)N2CCN(C3CCN(C(C(=O)O)c4ccc(Br)cc4)CC3)CC2)cc1. The predicted molar refractivity (Wildman–Crippen MR) is 176 cm³/mol. The molecule has 2 aliphatic heterocycles. The lowest BCUT2D eigenvalue weighted by atomic mass is 9.91. The number of nitrogens with one attached hydrogen (secondary N) is 2. The number of para-hydroxylation sites is 1. The van der Waals surface area contributed by atoms with Gasteiger partial charge in [-0.25, -0.2) is 4.79 Å². The molecule has 1 unspecified atom stereocenters. The van der Waals surface area contributed by atoms with Crippen LogP contribution in [0.5, 0.6) is 0 Å². The number of anilines is 2. The van der Waals surface area contributed by atoms with Crippen molar-refractivity contribution >= 4 is 39.3 Å². The molecule has 2 aliphatic rings. The Kier molecular flexibility index (Phi) is 9.86. The van der Waals surface area contributed by atoms with Gasteiger partial charge in [0.25, 0.3) is 0 Å². The van der Waals surface area contributed by atoms with Crippen molar-refractivity contribution in [1.82, 2.24) is 14.7 Å². The molecule has 2 heterocycles. The van der Waals surface area contributed by atoms with E-state index in [0.29, 0.717) is 6.04 Å². The Morgan fingerprint density at radius 2 is 1.49 bits per heavy atom. The topological polar surface area (TPSA) is 88.2 Å². The summed E-state index contributed by atoms with van der Waals surface area (Å²) >= 11 is 3.44. The molecule has 0 radical (unpaired) electrons. The van der Waals surface area contributed by atoms with E-state index < -0.39 is 12.0 Å². The van der Waals surface area contributed by atoms with Gasteiger partial charge in [0.2, 0.25) is 0 Å². The number of piperidine rings is 1. The van der Waals surface area contributed by atoms with E-state index in [9.17, 15) is 14.7 Å². The zero-order chi connectivity index (χ0) is 30.6. The standard InChI is InChI=1S/C34H42BrN5O3/c1-24-6-4-5-7-30(24)37-33(43)36-28-14-10-26(11-15-28)34(2,3)40-22-20-38(21-23-40)29-16-18-39(19-17-29)31(32(41)42)25-8-12-27(35)13-9-25/h4-15,29,31H,16-23H2,1-3H3,(H,41,42)(H2,36,37,43). The molecule has 0 aromatic heterocycles. The number of nitrogens with zero attached hydrogens (tertiary/aromatic N) is 3. The van der Waals surface area contributed by atoms with Crippen LogP contribution in [0.25, 0.3) is 0 Å². The van der Waals surface area contributed by atoms with Crippen LogP contribution in [0.15, 0.2) is 77.3 Å². The van der Waals surface area contributed by atoms with Gasteiger partial charge in [-0.2, -0.15) is 0 Å². The average molecular weight is 649 g/mol. The number of carboxylic acid groups (broad SMARTS) is 1. The molecule has 0 aliphatic carbocycles. The van der Waals surface area contributed by atoms with Gasteiger partial charge in [0.05, 0.1) is 0 Å². The fourth-order valence-corrected chi connectivity index (χ4v) is 6.72. The Hall–Kier alpha value is -3.24. The van der Waals surface area contributed by atoms with Crippen molar-refractivity contribution in [2.45, 2.75) is 51.2 Å². The maximum absolute atomic E-state index is 12.5. The largest absolute Gasteiger partial charge is 0.480 e. The highest BCUT2D eigenvalue weighted by atomic mass is 79.9. The molecule has 43 heavy (non-hydrogen) atoms. The van der Waals surface area contributed by atoms with Gasteiger partial charge >= 0.3 is 12.0 Å². The van der Waals surface area contributed by atoms with Crippen LogP contribution in [0.1, 0.15) is 49.4 Å². The second kappa shape index (κ2) is 13.6. The first-order chi connectivity index (χ1) is 20.6. The molecular weight excluding hydrogens is 606 g/mol. The molecule has 9 heteroatoms. The summed E-state index contributed by atoms with van der Waals surface area (Å²) in [5, 5.41) is 15.8. The number of hydrogen-bond donors (Lipinski definition) is 3. The number of rotatable bonds is 8. The smallest absolute Gasteiger partial charge is 0.325 e. The summed E-state index contributed by atoms with van der Waals surface area (Å²) in [6.07, 6.45) is 1.96. The lowest BCUT2D eigenvalue weighted by molar-refractivity contribution is -0.144. The molecule has 0 saturated carbocycles.